The summed E-state index contributed by atoms with van der Waals surface area (Å²) in [6, 6.07) is 12.9. The van der Waals surface area contributed by atoms with E-state index in [1.807, 2.05) is 55.4 Å². The van der Waals surface area contributed by atoms with Gasteiger partial charge in [0.05, 0.1) is 11.1 Å². The molecule has 0 spiro atoms. The quantitative estimate of drug-likeness (QED) is 0.310. The minimum Gasteiger partial charge on any atom is -0.451 e. The van der Waals surface area contributed by atoms with Gasteiger partial charge in [0.2, 0.25) is 5.43 Å². The predicted octanol–water partition coefficient (Wildman–Crippen LogP) is 4.00. The van der Waals surface area contributed by atoms with E-state index < -0.39 is 17.2 Å². The number of nitrogens with two attached hydrogens (primary N) is 1. The molecule has 202 valence electrons. The van der Waals surface area contributed by atoms with Gasteiger partial charge in [-0.25, -0.2) is 4.39 Å². The number of carbonyl (C=O) groups excluding carboxylic acids is 1. The summed E-state index contributed by atoms with van der Waals surface area (Å²) in [5, 5.41) is 4.93. The van der Waals surface area contributed by atoms with E-state index in [4.69, 9.17) is 10.5 Å². The first-order valence-electron chi connectivity index (χ1n) is 13.4. The number of rotatable bonds is 7. The highest BCUT2D eigenvalue weighted by molar-refractivity contribution is 6.02. The van der Waals surface area contributed by atoms with Crippen molar-refractivity contribution in [1.29, 1.82) is 0 Å². The molecule has 3 N–H and O–H groups in total. The molecule has 0 saturated carbocycles. The lowest BCUT2D eigenvalue weighted by atomic mass is 10.0. The molecule has 0 bridgehead atoms. The Kier molecular flexibility index (Phi) is 6.48. The van der Waals surface area contributed by atoms with Gasteiger partial charge in [0.1, 0.15) is 16.8 Å². The topological polar surface area (TPSA) is 92.8 Å². The number of halogens is 1. The molecule has 8 nitrogen and oxygen atoms in total. The Bertz CT molecular complexity index is 1660. The number of pyridine rings is 1. The molecule has 3 heterocycles. The largest absolute Gasteiger partial charge is 0.451 e. The van der Waals surface area contributed by atoms with Crippen LogP contribution in [-0.4, -0.2) is 61.7 Å². The second-order valence-electron chi connectivity index (χ2n) is 10.7. The molecular formula is C30H32FN5O3. The zero-order valence-corrected chi connectivity index (χ0v) is 22.2. The number of amides is 1. The first kappa shape index (κ1) is 25.3. The van der Waals surface area contributed by atoms with Crippen LogP contribution in [0.5, 0.6) is 11.5 Å². The third-order valence-corrected chi connectivity index (χ3v) is 7.57. The fourth-order valence-corrected chi connectivity index (χ4v) is 5.59. The number of aromatic nitrogens is 1. The van der Waals surface area contributed by atoms with Crippen LogP contribution in [0.25, 0.3) is 27.4 Å². The molecule has 1 unspecified atom stereocenters. The molecule has 3 aromatic carbocycles. The van der Waals surface area contributed by atoms with E-state index in [1.54, 1.807) is 10.8 Å². The lowest BCUT2D eigenvalue weighted by molar-refractivity contribution is 0.0951. The minimum absolute atomic E-state index is 0.0302. The van der Waals surface area contributed by atoms with Crippen molar-refractivity contribution in [2.45, 2.75) is 25.3 Å². The molecule has 0 aliphatic carbocycles. The van der Waals surface area contributed by atoms with E-state index in [-0.39, 0.29) is 22.7 Å². The number of anilines is 1. The van der Waals surface area contributed by atoms with Crippen LogP contribution < -0.4 is 26.1 Å². The summed E-state index contributed by atoms with van der Waals surface area (Å²) < 4.78 is 24.0. The maximum atomic E-state index is 15.8. The van der Waals surface area contributed by atoms with E-state index in [0.717, 1.165) is 36.6 Å². The molecule has 6 rings (SSSR count). The summed E-state index contributed by atoms with van der Waals surface area (Å²) >= 11 is 0. The molecule has 39 heavy (non-hydrogen) atoms. The van der Waals surface area contributed by atoms with Gasteiger partial charge in [-0.05, 0) is 68.9 Å². The molecule has 1 fully saturated rings. The summed E-state index contributed by atoms with van der Waals surface area (Å²) in [5.74, 6) is -0.243. The van der Waals surface area contributed by atoms with Gasteiger partial charge in [-0.2, -0.15) is 0 Å². The lowest BCUT2D eigenvalue weighted by Crippen LogP contribution is -2.32. The molecule has 2 aliphatic heterocycles. The van der Waals surface area contributed by atoms with E-state index in [2.05, 4.69) is 10.2 Å². The number of nitrogens with one attached hydrogen (secondary N) is 1. The van der Waals surface area contributed by atoms with Crippen LogP contribution in [0.15, 0.2) is 53.5 Å². The highest BCUT2D eigenvalue weighted by Crippen LogP contribution is 2.48. The Morgan fingerprint density at radius 3 is 2.67 bits per heavy atom. The van der Waals surface area contributed by atoms with Gasteiger partial charge in [-0.15, -0.1) is 0 Å². The Morgan fingerprint density at radius 2 is 1.95 bits per heavy atom. The number of carbonyl (C=O) groups is 1. The van der Waals surface area contributed by atoms with Gasteiger partial charge >= 0.3 is 0 Å². The molecule has 1 saturated heterocycles. The average Bonchev–Trinajstić information content (AvgIpc) is 3.33. The summed E-state index contributed by atoms with van der Waals surface area (Å²) in [7, 11) is 4.00. The van der Waals surface area contributed by atoms with Gasteiger partial charge in [-0.3, -0.25) is 9.59 Å². The molecule has 9 heteroatoms. The molecule has 1 amide bonds. The van der Waals surface area contributed by atoms with Crippen LogP contribution in [0, 0.1) is 5.82 Å². The van der Waals surface area contributed by atoms with Crippen LogP contribution >= 0.6 is 0 Å². The zero-order chi connectivity index (χ0) is 27.3. The first-order valence-corrected chi connectivity index (χ1v) is 13.4. The third-order valence-electron chi connectivity index (χ3n) is 7.57. The molecule has 1 aromatic heterocycles. The number of ether oxygens (including phenoxy) is 1. The second-order valence-corrected chi connectivity index (χ2v) is 10.7. The van der Waals surface area contributed by atoms with Crippen molar-refractivity contribution in [1.82, 2.24) is 14.8 Å². The lowest BCUT2D eigenvalue weighted by Gasteiger charge is -2.29. The van der Waals surface area contributed by atoms with Crippen molar-refractivity contribution in [3.8, 4) is 17.2 Å². The highest BCUT2D eigenvalue weighted by Gasteiger charge is 2.32. The number of benzene rings is 3. The second kappa shape index (κ2) is 9.98. The van der Waals surface area contributed by atoms with Gasteiger partial charge in [0, 0.05) is 31.9 Å². The predicted molar refractivity (Wildman–Crippen MR) is 152 cm³/mol. The van der Waals surface area contributed by atoms with E-state index in [1.165, 1.54) is 6.07 Å². The maximum absolute atomic E-state index is 15.8. The van der Waals surface area contributed by atoms with Gasteiger partial charge in [0.15, 0.2) is 17.3 Å². The van der Waals surface area contributed by atoms with Crippen molar-refractivity contribution in [3.63, 3.8) is 0 Å². The number of nitrogens with zero attached hydrogens (tertiary/aromatic N) is 3. The summed E-state index contributed by atoms with van der Waals surface area (Å²) in [5.41, 5.74) is 7.01. The highest BCUT2D eigenvalue weighted by atomic mass is 19.1. The maximum Gasteiger partial charge on any atom is 0.256 e. The number of hydrogen-bond donors (Lipinski definition) is 2. The summed E-state index contributed by atoms with van der Waals surface area (Å²) in [4.78, 5) is 30.8. The van der Waals surface area contributed by atoms with Crippen LogP contribution in [-0.2, 0) is 0 Å². The van der Waals surface area contributed by atoms with Gasteiger partial charge in [0.25, 0.3) is 5.91 Å². The Labute approximate surface area is 225 Å². The Morgan fingerprint density at radius 1 is 1.18 bits per heavy atom. The minimum atomic E-state index is -0.569. The van der Waals surface area contributed by atoms with E-state index in [9.17, 15) is 9.59 Å². The third kappa shape index (κ3) is 4.51. The Hall–Kier alpha value is -3.95. The zero-order valence-electron chi connectivity index (χ0n) is 22.2. The molecular weight excluding hydrogens is 497 g/mol. The van der Waals surface area contributed by atoms with Crippen LogP contribution in [0.1, 0.15) is 29.6 Å². The normalized spacial score (nSPS) is 16.1. The molecule has 2 aliphatic rings. The summed E-state index contributed by atoms with van der Waals surface area (Å²) in [6.07, 6.45) is 4.01. The van der Waals surface area contributed by atoms with Crippen LogP contribution in [0.4, 0.5) is 10.1 Å². The number of hydrogen-bond acceptors (Lipinski definition) is 6. The van der Waals surface area contributed by atoms with Gasteiger partial charge < -0.3 is 30.2 Å². The fourth-order valence-electron chi connectivity index (χ4n) is 5.59. The number of fused-ring (bicyclic) bond motifs is 3. The molecule has 4 aromatic rings. The van der Waals surface area contributed by atoms with Crippen molar-refractivity contribution < 1.29 is 13.9 Å². The van der Waals surface area contributed by atoms with Crippen molar-refractivity contribution in [2.24, 2.45) is 5.73 Å². The molecule has 0 radical (unpaired) electrons. The fraction of sp³-hybridized carbons (Fsp3) is 0.333. The summed E-state index contributed by atoms with van der Waals surface area (Å²) in [6.45, 7) is 2.43. The SMILES string of the molecule is CN(C)CCCCNC(=O)c1cn2c3c(c(N4CCC(N)C4)c(F)cc3c1=O)Oc1cc3ccccc3cc1-2. The van der Waals surface area contributed by atoms with Crippen molar-refractivity contribution in [3.05, 3.63) is 70.3 Å². The van der Waals surface area contributed by atoms with E-state index in [0.29, 0.717) is 42.3 Å². The van der Waals surface area contributed by atoms with E-state index >= 15 is 4.39 Å². The van der Waals surface area contributed by atoms with Crippen molar-refractivity contribution in [2.75, 3.05) is 45.2 Å². The molecule has 1 atom stereocenters. The average molecular weight is 530 g/mol. The van der Waals surface area contributed by atoms with Crippen LogP contribution in [0.2, 0.25) is 0 Å². The van der Waals surface area contributed by atoms with Gasteiger partial charge in [-0.1, -0.05) is 24.3 Å². The standard InChI is InChI=1S/C30H32FN5O3/c1-34(2)11-6-5-10-33-30(38)22-17-36-24-13-18-7-3-4-8-19(18)14-25(24)39-29-26(36)21(28(22)37)15-23(31)27(29)35-12-9-20(32)16-35/h3-4,7-8,13-15,17,20H,5-6,9-12,16,32H2,1-2H3,(H,33,38). The smallest absolute Gasteiger partial charge is 0.256 e. The monoisotopic (exact) mass is 529 g/mol. The van der Waals surface area contributed by atoms with Crippen LogP contribution in [0.3, 0.4) is 0 Å². The number of unbranched alkanes of at least 4 members (excludes halogenated alkanes) is 1. The Balaban J connectivity index is 1.51. The van der Waals surface area contributed by atoms with Crippen molar-refractivity contribution >= 4 is 33.3 Å². The first-order chi connectivity index (χ1) is 18.8.